The van der Waals surface area contributed by atoms with Gasteiger partial charge in [0.1, 0.15) is 0 Å². The largest absolute Gasteiger partial charge is 0.349 e. The minimum Gasteiger partial charge on any atom is -0.349 e. The summed E-state index contributed by atoms with van der Waals surface area (Å²) in [7, 11) is 0. The van der Waals surface area contributed by atoms with E-state index in [9.17, 15) is 4.79 Å². The molecule has 0 radical (unpaired) electrons. The second-order valence-corrected chi connectivity index (χ2v) is 7.41. The maximum Gasteiger partial charge on any atom is 0.222 e. The van der Waals surface area contributed by atoms with Gasteiger partial charge in [-0.3, -0.25) is 9.48 Å². The third-order valence-corrected chi connectivity index (χ3v) is 5.36. The summed E-state index contributed by atoms with van der Waals surface area (Å²) < 4.78 is 1.89. The van der Waals surface area contributed by atoms with Gasteiger partial charge in [0, 0.05) is 34.3 Å². The highest BCUT2D eigenvalue weighted by molar-refractivity contribution is 7.99. The third-order valence-electron chi connectivity index (χ3n) is 4.00. The van der Waals surface area contributed by atoms with Crippen LogP contribution in [0.15, 0.2) is 29.2 Å². The number of halogens is 1. The Morgan fingerprint density at radius 3 is 3.00 bits per heavy atom. The standard InChI is InChI=1S/C17H20ClN3OS/c1-11-9-12(2)21(20-11)7-5-17(22)19-15-6-8-23-16-4-3-13(18)10-14(15)16/h3-4,9-10,15H,5-8H2,1-2H3,(H,19,22)/t15-/m1/s1. The molecule has 0 spiro atoms. The lowest BCUT2D eigenvalue weighted by molar-refractivity contribution is -0.122. The second-order valence-electron chi connectivity index (χ2n) is 5.84. The van der Waals surface area contributed by atoms with Crippen molar-refractivity contribution in [2.75, 3.05) is 5.75 Å². The smallest absolute Gasteiger partial charge is 0.222 e. The number of aromatic nitrogens is 2. The van der Waals surface area contributed by atoms with E-state index in [2.05, 4.69) is 10.4 Å². The number of fused-ring (bicyclic) bond motifs is 1. The average molecular weight is 350 g/mol. The molecule has 1 aromatic heterocycles. The Hall–Kier alpha value is -1.46. The van der Waals surface area contributed by atoms with Crippen LogP contribution in [0.2, 0.25) is 5.02 Å². The number of benzene rings is 1. The topological polar surface area (TPSA) is 46.9 Å². The van der Waals surface area contributed by atoms with Crippen LogP contribution in [0, 0.1) is 13.8 Å². The summed E-state index contributed by atoms with van der Waals surface area (Å²) in [5, 5.41) is 8.26. The Bertz CT molecular complexity index is 729. The minimum atomic E-state index is 0.0536. The fourth-order valence-electron chi connectivity index (χ4n) is 2.89. The lowest BCUT2D eigenvalue weighted by Gasteiger charge is -2.26. The van der Waals surface area contributed by atoms with Crippen molar-refractivity contribution in [2.24, 2.45) is 0 Å². The third kappa shape index (κ3) is 3.90. The van der Waals surface area contributed by atoms with Gasteiger partial charge in [-0.05, 0) is 50.1 Å². The Labute approximate surface area is 145 Å². The maximum absolute atomic E-state index is 12.3. The highest BCUT2D eigenvalue weighted by atomic mass is 35.5. The molecule has 6 heteroatoms. The van der Waals surface area contributed by atoms with Gasteiger partial charge in [0.05, 0.1) is 11.7 Å². The molecule has 23 heavy (non-hydrogen) atoms. The molecule has 0 saturated heterocycles. The van der Waals surface area contributed by atoms with Gasteiger partial charge < -0.3 is 5.32 Å². The minimum absolute atomic E-state index is 0.0536. The molecule has 0 fully saturated rings. The number of aryl methyl sites for hydroxylation is 3. The monoisotopic (exact) mass is 349 g/mol. The fraction of sp³-hybridized carbons (Fsp3) is 0.412. The van der Waals surface area contributed by atoms with Crippen molar-refractivity contribution in [1.29, 1.82) is 0 Å². The van der Waals surface area contributed by atoms with Crippen LogP contribution in [0.4, 0.5) is 0 Å². The first-order chi connectivity index (χ1) is 11.0. The number of amides is 1. The summed E-state index contributed by atoms with van der Waals surface area (Å²) in [5.41, 5.74) is 3.20. The van der Waals surface area contributed by atoms with Gasteiger partial charge in [-0.1, -0.05) is 11.6 Å². The molecule has 2 aromatic rings. The molecular formula is C17H20ClN3OS. The molecule has 0 aliphatic carbocycles. The van der Waals surface area contributed by atoms with E-state index in [0.717, 1.165) is 29.1 Å². The van der Waals surface area contributed by atoms with Gasteiger partial charge in [0.15, 0.2) is 0 Å². The number of carbonyl (C=O) groups excluding carboxylic acids is 1. The lowest BCUT2D eigenvalue weighted by Crippen LogP contribution is -2.31. The van der Waals surface area contributed by atoms with Crippen molar-refractivity contribution in [3.63, 3.8) is 0 Å². The first-order valence-electron chi connectivity index (χ1n) is 7.75. The van der Waals surface area contributed by atoms with Gasteiger partial charge in [-0.15, -0.1) is 11.8 Å². The zero-order chi connectivity index (χ0) is 16.4. The number of carbonyl (C=O) groups is 1. The van der Waals surface area contributed by atoms with Crippen LogP contribution in [0.25, 0.3) is 0 Å². The molecule has 0 unspecified atom stereocenters. The van der Waals surface area contributed by atoms with E-state index in [1.807, 2.05) is 54.6 Å². The van der Waals surface area contributed by atoms with Gasteiger partial charge in [-0.25, -0.2) is 0 Å². The molecule has 0 saturated carbocycles. The normalized spacial score (nSPS) is 16.9. The molecule has 122 valence electrons. The first kappa shape index (κ1) is 16.4. The molecular weight excluding hydrogens is 330 g/mol. The van der Waals surface area contributed by atoms with E-state index in [1.54, 1.807) is 0 Å². The Balaban J connectivity index is 1.63. The van der Waals surface area contributed by atoms with Crippen molar-refractivity contribution >= 4 is 29.3 Å². The molecule has 1 aliphatic heterocycles. The van der Waals surface area contributed by atoms with Crippen molar-refractivity contribution < 1.29 is 4.79 Å². The predicted octanol–water partition coefficient (Wildman–Crippen LogP) is 3.90. The van der Waals surface area contributed by atoms with Gasteiger partial charge in [-0.2, -0.15) is 5.10 Å². The van der Waals surface area contributed by atoms with Crippen molar-refractivity contribution in [3.8, 4) is 0 Å². The highest BCUT2D eigenvalue weighted by Crippen LogP contribution is 2.37. The molecule has 1 N–H and O–H groups in total. The van der Waals surface area contributed by atoms with Crippen LogP contribution >= 0.6 is 23.4 Å². The lowest BCUT2D eigenvalue weighted by atomic mass is 10.0. The average Bonchev–Trinajstić information content (AvgIpc) is 2.84. The Kier molecular flexibility index (Phi) is 4.97. The first-order valence-corrected chi connectivity index (χ1v) is 9.12. The predicted molar refractivity (Wildman–Crippen MR) is 94.0 cm³/mol. The molecule has 1 atom stereocenters. The van der Waals surface area contributed by atoms with Gasteiger partial charge in [0.2, 0.25) is 5.91 Å². The summed E-state index contributed by atoms with van der Waals surface area (Å²) in [4.78, 5) is 13.5. The second kappa shape index (κ2) is 6.97. The van der Waals surface area contributed by atoms with Crippen LogP contribution in [-0.2, 0) is 11.3 Å². The maximum atomic E-state index is 12.3. The number of hydrogen-bond acceptors (Lipinski definition) is 3. The number of thioether (sulfide) groups is 1. The molecule has 3 rings (SSSR count). The van der Waals surface area contributed by atoms with E-state index in [4.69, 9.17) is 11.6 Å². The van der Waals surface area contributed by atoms with E-state index < -0.39 is 0 Å². The Morgan fingerprint density at radius 1 is 1.43 bits per heavy atom. The molecule has 1 amide bonds. The zero-order valence-electron chi connectivity index (χ0n) is 13.3. The van der Waals surface area contributed by atoms with Crippen molar-refractivity contribution in [3.05, 3.63) is 46.2 Å². The Morgan fingerprint density at radius 2 is 2.26 bits per heavy atom. The van der Waals surface area contributed by atoms with E-state index in [-0.39, 0.29) is 11.9 Å². The highest BCUT2D eigenvalue weighted by Gasteiger charge is 2.22. The number of hydrogen-bond donors (Lipinski definition) is 1. The van der Waals surface area contributed by atoms with E-state index in [1.165, 1.54) is 4.90 Å². The molecule has 1 aliphatic rings. The summed E-state index contributed by atoms with van der Waals surface area (Å²) >= 11 is 7.93. The van der Waals surface area contributed by atoms with Crippen molar-refractivity contribution in [1.82, 2.24) is 15.1 Å². The van der Waals surface area contributed by atoms with E-state index in [0.29, 0.717) is 18.0 Å². The number of nitrogens with zero attached hydrogens (tertiary/aromatic N) is 2. The SMILES string of the molecule is Cc1cc(C)n(CCC(=O)N[C@@H]2CCSc3ccc(Cl)cc32)n1. The summed E-state index contributed by atoms with van der Waals surface area (Å²) in [6, 6.07) is 7.98. The van der Waals surface area contributed by atoms with Crippen LogP contribution in [0.3, 0.4) is 0 Å². The number of rotatable bonds is 4. The quantitative estimate of drug-likeness (QED) is 0.910. The van der Waals surface area contributed by atoms with E-state index >= 15 is 0 Å². The number of nitrogens with one attached hydrogen (secondary N) is 1. The molecule has 0 bridgehead atoms. The fourth-order valence-corrected chi connectivity index (χ4v) is 4.18. The zero-order valence-corrected chi connectivity index (χ0v) is 14.9. The van der Waals surface area contributed by atoms with Crippen LogP contribution in [-0.4, -0.2) is 21.4 Å². The molecule has 2 heterocycles. The van der Waals surface area contributed by atoms with Gasteiger partial charge in [0.25, 0.3) is 0 Å². The van der Waals surface area contributed by atoms with Crippen molar-refractivity contribution in [2.45, 2.75) is 44.2 Å². The molecule has 1 aromatic carbocycles. The summed E-state index contributed by atoms with van der Waals surface area (Å²) in [6.07, 6.45) is 1.37. The van der Waals surface area contributed by atoms with Crippen LogP contribution in [0.1, 0.15) is 35.8 Å². The summed E-state index contributed by atoms with van der Waals surface area (Å²) in [6.45, 7) is 4.58. The van der Waals surface area contributed by atoms with Crippen LogP contribution in [0.5, 0.6) is 0 Å². The molecule has 4 nitrogen and oxygen atoms in total. The summed E-state index contributed by atoms with van der Waals surface area (Å²) in [5.74, 6) is 1.07. The van der Waals surface area contributed by atoms with Crippen LogP contribution < -0.4 is 5.32 Å². The van der Waals surface area contributed by atoms with Gasteiger partial charge >= 0.3 is 0 Å².